The number of hydrogen-bond acceptors (Lipinski definition) is 3. The van der Waals surface area contributed by atoms with Crippen LogP contribution in [0.5, 0.6) is 5.75 Å². The van der Waals surface area contributed by atoms with Gasteiger partial charge in [0.2, 0.25) is 0 Å². The Bertz CT molecular complexity index is 587. The Hall–Kier alpha value is -1.60. The summed E-state index contributed by atoms with van der Waals surface area (Å²) in [4.78, 5) is 4.05. The van der Waals surface area contributed by atoms with Crippen LogP contribution in [0.3, 0.4) is 0 Å². The summed E-state index contributed by atoms with van der Waals surface area (Å²) >= 11 is 3.28. The molecule has 3 nitrogen and oxygen atoms in total. The molecule has 0 amide bonds. The largest absolute Gasteiger partial charge is 0.573 e. The fourth-order valence-corrected chi connectivity index (χ4v) is 2.18. The molecule has 7 heteroatoms. The van der Waals surface area contributed by atoms with Gasteiger partial charge in [-0.1, -0.05) is 18.2 Å². The highest BCUT2D eigenvalue weighted by Crippen LogP contribution is 2.28. The van der Waals surface area contributed by atoms with Crippen molar-refractivity contribution in [1.29, 1.82) is 0 Å². The SMILES string of the molecule is N[C@H](c1ccc(OC(F)(F)F)cc1)c1cccnc1Br. The van der Waals surface area contributed by atoms with Crippen molar-refractivity contribution in [3.8, 4) is 5.75 Å². The molecule has 0 aliphatic rings. The van der Waals surface area contributed by atoms with Crippen LogP contribution in [-0.2, 0) is 0 Å². The van der Waals surface area contributed by atoms with Crippen LogP contribution in [0.1, 0.15) is 17.2 Å². The molecule has 2 rings (SSSR count). The number of alkyl halides is 3. The smallest absolute Gasteiger partial charge is 0.406 e. The predicted octanol–water partition coefficient (Wildman–Crippen LogP) is 3.79. The average molecular weight is 347 g/mol. The number of aromatic nitrogens is 1. The zero-order valence-electron chi connectivity index (χ0n) is 10.1. The lowest BCUT2D eigenvalue weighted by atomic mass is 10.0. The predicted molar refractivity (Wildman–Crippen MR) is 71.1 cm³/mol. The second kappa shape index (κ2) is 5.80. The molecule has 20 heavy (non-hydrogen) atoms. The van der Waals surface area contributed by atoms with Crippen molar-refractivity contribution in [2.75, 3.05) is 0 Å². The van der Waals surface area contributed by atoms with Crippen molar-refractivity contribution in [2.24, 2.45) is 5.73 Å². The summed E-state index contributed by atoms with van der Waals surface area (Å²) in [5.41, 5.74) is 7.47. The fraction of sp³-hybridized carbons (Fsp3) is 0.154. The first-order valence-corrected chi connectivity index (χ1v) is 6.38. The van der Waals surface area contributed by atoms with Crippen LogP contribution < -0.4 is 10.5 Å². The number of pyridine rings is 1. The number of nitrogens with zero attached hydrogens (tertiary/aromatic N) is 1. The number of nitrogens with two attached hydrogens (primary N) is 1. The molecule has 0 fully saturated rings. The van der Waals surface area contributed by atoms with Gasteiger partial charge in [0.15, 0.2) is 0 Å². The molecule has 0 unspecified atom stereocenters. The van der Waals surface area contributed by atoms with E-state index in [1.54, 1.807) is 18.3 Å². The molecule has 1 heterocycles. The second-order valence-corrected chi connectivity index (χ2v) is 4.73. The Balaban J connectivity index is 2.20. The van der Waals surface area contributed by atoms with Crippen LogP contribution in [0.25, 0.3) is 0 Å². The Labute approximate surface area is 121 Å². The summed E-state index contributed by atoms with van der Waals surface area (Å²) < 4.78 is 40.6. The minimum atomic E-state index is -4.70. The van der Waals surface area contributed by atoms with Gasteiger partial charge in [0, 0.05) is 11.8 Å². The summed E-state index contributed by atoms with van der Waals surface area (Å²) in [6, 6.07) is 8.48. The van der Waals surface area contributed by atoms with Crippen LogP contribution in [0.15, 0.2) is 47.2 Å². The molecule has 0 aliphatic heterocycles. The van der Waals surface area contributed by atoms with E-state index in [1.165, 1.54) is 24.3 Å². The number of benzene rings is 1. The van der Waals surface area contributed by atoms with Crippen molar-refractivity contribution in [3.63, 3.8) is 0 Å². The lowest BCUT2D eigenvalue weighted by molar-refractivity contribution is -0.274. The minimum Gasteiger partial charge on any atom is -0.406 e. The van der Waals surface area contributed by atoms with E-state index >= 15 is 0 Å². The molecular formula is C13H10BrF3N2O. The molecule has 0 spiro atoms. The first-order valence-electron chi connectivity index (χ1n) is 5.58. The van der Waals surface area contributed by atoms with Crippen LogP contribution in [0, 0.1) is 0 Å². The number of halogens is 4. The molecule has 0 aliphatic carbocycles. The highest BCUT2D eigenvalue weighted by atomic mass is 79.9. The molecule has 0 saturated carbocycles. The van der Waals surface area contributed by atoms with E-state index in [2.05, 4.69) is 25.7 Å². The third-order valence-corrected chi connectivity index (χ3v) is 3.26. The zero-order valence-corrected chi connectivity index (χ0v) is 11.6. The Morgan fingerprint density at radius 2 is 1.80 bits per heavy atom. The van der Waals surface area contributed by atoms with Crippen molar-refractivity contribution < 1.29 is 17.9 Å². The average Bonchev–Trinajstić information content (AvgIpc) is 2.37. The Morgan fingerprint density at radius 1 is 1.15 bits per heavy atom. The van der Waals surface area contributed by atoms with Crippen molar-refractivity contribution >= 4 is 15.9 Å². The van der Waals surface area contributed by atoms with Gasteiger partial charge in [-0.25, -0.2) is 4.98 Å². The van der Waals surface area contributed by atoms with Gasteiger partial charge in [-0.2, -0.15) is 0 Å². The van der Waals surface area contributed by atoms with Crippen LogP contribution in [-0.4, -0.2) is 11.3 Å². The summed E-state index contributed by atoms with van der Waals surface area (Å²) in [5, 5.41) is 0. The molecule has 2 aromatic rings. The van der Waals surface area contributed by atoms with Crippen LogP contribution in [0.4, 0.5) is 13.2 Å². The third kappa shape index (κ3) is 3.71. The molecule has 1 aromatic carbocycles. The van der Waals surface area contributed by atoms with Crippen molar-refractivity contribution in [3.05, 3.63) is 58.3 Å². The summed E-state index contributed by atoms with van der Waals surface area (Å²) in [7, 11) is 0. The standard InChI is InChI=1S/C13H10BrF3N2O/c14-12-10(2-1-7-19-12)11(18)8-3-5-9(6-4-8)20-13(15,16)17/h1-7,11H,18H2/t11-/m1/s1. The maximum atomic E-state index is 12.1. The highest BCUT2D eigenvalue weighted by molar-refractivity contribution is 9.10. The zero-order chi connectivity index (χ0) is 14.8. The monoisotopic (exact) mass is 346 g/mol. The van der Waals surface area contributed by atoms with E-state index in [0.29, 0.717) is 10.2 Å². The van der Waals surface area contributed by atoms with Gasteiger partial charge in [0.25, 0.3) is 0 Å². The molecule has 0 saturated heterocycles. The van der Waals surface area contributed by atoms with Gasteiger partial charge in [0.05, 0.1) is 6.04 Å². The van der Waals surface area contributed by atoms with Gasteiger partial charge in [-0.3, -0.25) is 0 Å². The van der Waals surface area contributed by atoms with E-state index in [0.717, 1.165) is 5.56 Å². The van der Waals surface area contributed by atoms with Crippen molar-refractivity contribution in [2.45, 2.75) is 12.4 Å². The second-order valence-electron chi connectivity index (χ2n) is 3.98. The maximum Gasteiger partial charge on any atom is 0.573 e. The highest BCUT2D eigenvalue weighted by Gasteiger charge is 2.31. The molecule has 0 radical (unpaired) electrons. The quantitative estimate of drug-likeness (QED) is 0.860. The maximum absolute atomic E-state index is 12.1. The van der Waals surface area contributed by atoms with E-state index in [9.17, 15) is 13.2 Å². The lowest BCUT2D eigenvalue weighted by Gasteiger charge is -2.14. The van der Waals surface area contributed by atoms with E-state index < -0.39 is 12.4 Å². The van der Waals surface area contributed by atoms with E-state index in [1.807, 2.05) is 0 Å². The molecule has 2 N–H and O–H groups in total. The van der Waals surface area contributed by atoms with Gasteiger partial charge in [-0.05, 0) is 39.7 Å². The number of hydrogen-bond donors (Lipinski definition) is 1. The van der Waals surface area contributed by atoms with Crippen molar-refractivity contribution in [1.82, 2.24) is 4.98 Å². The number of rotatable bonds is 3. The van der Waals surface area contributed by atoms with E-state index in [-0.39, 0.29) is 5.75 Å². The summed E-state index contributed by atoms with van der Waals surface area (Å²) in [6.45, 7) is 0. The lowest BCUT2D eigenvalue weighted by Crippen LogP contribution is -2.17. The molecule has 106 valence electrons. The molecule has 0 bridgehead atoms. The Kier molecular flexibility index (Phi) is 4.29. The first kappa shape index (κ1) is 14.8. The topological polar surface area (TPSA) is 48.1 Å². The molecule has 1 atom stereocenters. The van der Waals surface area contributed by atoms with Crippen LogP contribution >= 0.6 is 15.9 Å². The molecular weight excluding hydrogens is 337 g/mol. The van der Waals surface area contributed by atoms with Gasteiger partial charge >= 0.3 is 6.36 Å². The summed E-state index contributed by atoms with van der Waals surface area (Å²) in [6.07, 6.45) is -3.09. The van der Waals surface area contributed by atoms with Gasteiger partial charge in [-0.15, -0.1) is 13.2 Å². The van der Waals surface area contributed by atoms with Gasteiger partial charge < -0.3 is 10.5 Å². The first-order chi connectivity index (χ1) is 9.37. The number of ether oxygens (including phenoxy) is 1. The Morgan fingerprint density at radius 3 is 2.35 bits per heavy atom. The van der Waals surface area contributed by atoms with Gasteiger partial charge in [0.1, 0.15) is 10.4 Å². The summed E-state index contributed by atoms with van der Waals surface area (Å²) in [5.74, 6) is -0.279. The van der Waals surface area contributed by atoms with Crippen LogP contribution in [0.2, 0.25) is 0 Å². The normalized spacial score (nSPS) is 13.1. The third-order valence-electron chi connectivity index (χ3n) is 2.60. The molecule has 1 aromatic heterocycles. The minimum absolute atomic E-state index is 0.279. The fourth-order valence-electron chi connectivity index (χ4n) is 1.69. The van der Waals surface area contributed by atoms with E-state index in [4.69, 9.17) is 5.73 Å².